The van der Waals surface area contributed by atoms with Gasteiger partial charge in [0.25, 0.3) is 0 Å². The zero-order valence-electron chi connectivity index (χ0n) is 13.3. The largest absolute Gasteiger partial charge is 0.370 e. The molecule has 0 atom stereocenters. The molecule has 0 spiro atoms. The summed E-state index contributed by atoms with van der Waals surface area (Å²) in [5.41, 5.74) is 3.14. The van der Waals surface area contributed by atoms with E-state index in [2.05, 4.69) is 36.2 Å². The first-order valence-corrected chi connectivity index (χ1v) is 8.75. The average Bonchev–Trinajstić information content (AvgIpc) is 3.31. The number of benzene rings is 1. The molecule has 2 fully saturated rings. The SMILES string of the molecule is CCC1(C)CCN(c2c(Cl)cccc2CNC2CC2)CC1. The zero-order chi connectivity index (χ0) is 14.9. The molecule has 3 rings (SSSR count). The molecule has 0 unspecified atom stereocenters. The predicted molar refractivity (Wildman–Crippen MR) is 91.2 cm³/mol. The Bertz CT molecular complexity index is 488. The normalized spacial score (nSPS) is 21.6. The minimum Gasteiger partial charge on any atom is -0.370 e. The Morgan fingerprint density at radius 1 is 1.29 bits per heavy atom. The summed E-state index contributed by atoms with van der Waals surface area (Å²) >= 11 is 6.53. The summed E-state index contributed by atoms with van der Waals surface area (Å²) in [7, 11) is 0. The number of halogens is 1. The van der Waals surface area contributed by atoms with Crippen LogP contribution in [0.1, 0.15) is 51.5 Å². The molecule has 1 heterocycles. The van der Waals surface area contributed by atoms with Gasteiger partial charge in [0.05, 0.1) is 10.7 Å². The Morgan fingerprint density at radius 2 is 2.00 bits per heavy atom. The van der Waals surface area contributed by atoms with Crippen LogP contribution in [0.25, 0.3) is 0 Å². The minimum atomic E-state index is 0.518. The van der Waals surface area contributed by atoms with Crippen molar-refractivity contribution >= 4 is 17.3 Å². The second-order valence-electron chi connectivity index (χ2n) is 7.05. The number of anilines is 1. The molecule has 21 heavy (non-hydrogen) atoms. The van der Waals surface area contributed by atoms with Crippen molar-refractivity contribution in [3.63, 3.8) is 0 Å². The highest BCUT2D eigenvalue weighted by atomic mass is 35.5. The highest BCUT2D eigenvalue weighted by Gasteiger charge is 2.30. The fraction of sp³-hybridized carbons (Fsp3) is 0.667. The van der Waals surface area contributed by atoms with Crippen LogP contribution in [-0.2, 0) is 6.54 Å². The summed E-state index contributed by atoms with van der Waals surface area (Å²) in [6, 6.07) is 7.08. The first kappa shape index (κ1) is 15.2. The van der Waals surface area contributed by atoms with Crippen LogP contribution >= 0.6 is 11.6 Å². The van der Waals surface area contributed by atoms with Gasteiger partial charge in [-0.2, -0.15) is 0 Å². The first-order valence-electron chi connectivity index (χ1n) is 8.37. The maximum Gasteiger partial charge on any atom is 0.0642 e. The molecule has 0 amide bonds. The summed E-state index contributed by atoms with van der Waals surface area (Å²) in [5, 5.41) is 4.53. The fourth-order valence-corrected chi connectivity index (χ4v) is 3.54. The van der Waals surface area contributed by atoms with E-state index in [4.69, 9.17) is 11.6 Å². The first-order chi connectivity index (χ1) is 10.1. The zero-order valence-corrected chi connectivity index (χ0v) is 14.0. The number of nitrogens with one attached hydrogen (secondary N) is 1. The molecule has 1 aliphatic heterocycles. The third-order valence-electron chi connectivity index (χ3n) is 5.37. The lowest BCUT2D eigenvalue weighted by atomic mass is 9.78. The quantitative estimate of drug-likeness (QED) is 0.854. The van der Waals surface area contributed by atoms with Gasteiger partial charge in [0.15, 0.2) is 0 Å². The molecular weight excluding hydrogens is 280 g/mol. The number of hydrogen-bond acceptors (Lipinski definition) is 2. The van der Waals surface area contributed by atoms with Crippen molar-refractivity contribution in [1.82, 2.24) is 5.32 Å². The molecule has 0 bridgehead atoms. The summed E-state index contributed by atoms with van der Waals surface area (Å²) in [5.74, 6) is 0. The number of piperidine rings is 1. The molecule has 1 aromatic carbocycles. The van der Waals surface area contributed by atoms with Gasteiger partial charge in [-0.25, -0.2) is 0 Å². The van der Waals surface area contributed by atoms with Gasteiger partial charge in [0.2, 0.25) is 0 Å². The molecule has 2 aliphatic rings. The third kappa shape index (κ3) is 3.54. The van der Waals surface area contributed by atoms with E-state index in [-0.39, 0.29) is 0 Å². The molecule has 1 saturated carbocycles. The van der Waals surface area contributed by atoms with E-state index < -0.39 is 0 Å². The number of para-hydroxylation sites is 1. The summed E-state index contributed by atoms with van der Waals surface area (Å²) in [6.45, 7) is 7.94. The summed E-state index contributed by atoms with van der Waals surface area (Å²) in [4.78, 5) is 2.50. The van der Waals surface area contributed by atoms with Gasteiger partial charge in [0.1, 0.15) is 0 Å². The summed E-state index contributed by atoms with van der Waals surface area (Å²) < 4.78 is 0. The Hall–Kier alpha value is -0.730. The Kier molecular flexibility index (Phi) is 4.46. The Balaban J connectivity index is 1.74. The van der Waals surface area contributed by atoms with E-state index in [1.165, 1.54) is 43.4 Å². The van der Waals surface area contributed by atoms with E-state index in [0.29, 0.717) is 5.41 Å². The van der Waals surface area contributed by atoms with Crippen molar-refractivity contribution in [3.05, 3.63) is 28.8 Å². The van der Waals surface area contributed by atoms with Gasteiger partial charge in [-0.05, 0) is 42.7 Å². The molecule has 1 aromatic rings. The monoisotopic (exact) mass is 306 g/mol. The number of rotatable bonds is 5. The molecule has 2 nitrogen and oxygen atoms in total. The van der Waals surface area contributed by atoms with Gasteiger partial charge < -0.3 is 10.2 Å². The van der Waals surface area contributed by atoms with Crippen molar-refractivity contribution in [2.75, 3.05) is 18.0 Å². The van der Waals surface area contributed by atoms with Crippen LogP contribution in [0.15, 0.2) is 18.2 Å². The molecular formula is C18H27ClN2. The van der Waals surface area contributed by atoms with Crippen molar-refractivity contribution < 1.29 is 0 Å². The van der Waals surface area contributed by atoms with Crippen LogP contribution in [0, 0.1) is 5.41 Å². The highest BCUT2D eigenvalue weighted by Crippen LogP contribution is 2.39. The van der Waals surface area contributed by atoms with Crippen LogP contribution in [0.4, 0.5) is 5.69 Å². The number of hydrogen-bond donors (Lipinski definition) is 1. The van der Waals surface area contributed by atoms with Crippen molar-refractivity contribution in [2.24, 2.45) is 5.41 Å². The second-order valence-corrected chi connectivity index (χ2v) is 7.46. The molecule has 3 heteroatoms. The maximum atomic E-state index is 6.53. The average molecular weight is 307 g/mol. The fourth-order valence-electron chi connectivity index (χ4n) is 3.22. The molecule has 0 radical (unpaired) electrons. The topological polar surface area (TPSA) is 15.3 Å². The van der Waals surface area contributed by atoms with E-state index in [1.54, 1.807) is 0 Å². The minimum absolute atomic E-state index is 0.518. The summed E-state index contributed by atoms with van der Waals surface area (Å²) in [6.07, 6.45) is 6.47. The predicted octanol–water partition coefficient (Wildman–Crippen LogP) is 4.61. The third-order valence-corrected chi connectivity index (χ3v) is 5.67. The molecule has 0 aromatic heterocycles. The van der Waals surface area contributed by atoms with Crippen LogP contribution in [0.5, 0.6) is 0 Å². The second kappa shape index (κ2) is 6.18. The standard InChI is InChI=1S/C18H27ClN2/c1-3-18(2)9-11-21(12-10-18)17-14(5-4-6-16(17)19)13-20-15-7-8-15/h4-6,15,20H,3,7-13H2,1-2H3. The van der Waals surface area contributed by atoms with Crippen LogP contribution in [0.2, 0.25) is 5.02 Å². The highest BCUT2D eigenvalue weighted by molar-refractivity contribution is 6.33. The maximum absolute atomic E-state index is 6.53. The van der Waals surface area contributed by atoms with Crippen LogP contribution < -0.4 is 10.2 Å². The van der Waals surface area contributed by atoms with Crippen LogP contribution in [0.3, 0.4) is 0 Å². The van der Waals surface area contributed by atoms with Crippen molar-refractivity contribution in [2.45, 2.75) is 58.5 Å². The van der Waals surface area contributed by atoms with Gasteiger partial charge >= 0.3 is 0 Å². The van der Waals surface area contributed by atoms with Crippen LogP contribution in [-0.4, -0.2) is 19.1 Å². The van der Waals surface area contributed by atoms with E-state index >= 15 is 0 Å². The lowest BCUT2D eigenvalue weighted by Crippen LogP contribution is -2.39. The lowest BCUT2D eigenvalue weighted by molar-refractivity contribution is 0.238. The van der Waals surface area contributed by atoms with E-state index in [9.17, 15) is 0 Å². The lowest BCUT2D eigenvalue weighted by Gasteiger charge is -2.41. The Labute approximate surface area is 133 Å². The van der Waals surface area contributed by atoms with Gasteiger partial charge in [-0.15, -0.1) is 0 Å². The van der Waals surface area contributed by atoms with Gasteiger partial charge in [0, 0.05) is 25.7 Å². The van der Waals surface area contributed by atoms with Crippen molar-refractivity contribution in [3.8, 4) is 0 Å². The molecule has 116 valence electrons. The molecule has 1 N–H and O–H groups in total. The molecule has 1 aliphatic carbocycles. The Morgan fingerprint density at radius 3 is 2.62 bits per heavy atom. The van der Waals surface area contributed by atoms with Crippen molar-refractivity contribution in [1.29, 1.82) is 0 Å². The van der Waals surface area contributed by atoms with E-state index in [1.807, 2.05) is 6.07 Å². The number of nitrogens with zero attached hydrogens (tertiary/aromatic N) is 1. The van der Waals surface area contributed by atoms with E-state index in [0.717, 1.165) is 30.7 Å². The smallest absolute Gasteiger partial charge is 0.0642 e. The van der Waals surface area contributed by atoms with Gasteiger partial charge in [-0.3, -0.25) is 0 Å². The molecule has 1 saturated heterocycles. The van der Waals surface area contributed by atoms with Gasteiger partial charge in [-0.1, -0.05) is 44.0 Å².